The van der Waals surface area contributed by atoms with Gasteiger partial charge in [-0.2, -0.15) is 0 Å². The van der Waals surface area contributed by atoms with E-state index in [9.17, 15) is 5.11 Å². The van der Waals surface area contributed by atoms with E-state index in [1.807, 2.05) is 6.07 Å². The Morgan fingerprint density at radius 3 is 2.33 bits per heavy atom. The predicted octanol–water partition coefficient (Wildman–Crippen LogP) is 4.10. The van der Waals surface area contributed by atoms with Gasteiger partial charge in [0.1, 0.15) is 0 Å². The molecular weight excluding hydrogens is 358 g/mol. The number of aliphatic hydroxyl groups is 1. The van der Waals surface area contributed by atoms with Crippen LogP contribution in [-0.4, -0.2) is 18.3 Å². The van der Waals surface area contributed by atoms with E-state index in [0.29, 0.717) is 0 Å². The lowest BCUT2D eigenvalue weighted by atomic mass is 9.83. The maximum atomic E-state index is 9.50. The lowest BCUT2D eigenvalue weighted by Gasteiger charge is -2.29. The summed E-state index contributed by atoms with van der Waals surface area (Å²) in [5.74, 6) is 0. The summed E-state index contributed by atoms with van der Waals surface area (Å²) in [4.78, 5) is 0. The van der Waals surface area contributed by atoms with Crippen LogP contribution in [0.5, 0.6) is 0 Å². The highest BCUT2D eigenvalue weighted by atomic mass is 79.9. The predicted molar refractivity (Wildman–Crippen MR) is 83.6 cm³/mol. The number of rotatable bonds is 7. The van der Waals surface area contributed by atoms with Gasteiger partial charge >= 0.3 is 0 Å². The summed E-state index contributed by atoms with van der Waals surface area (Å²) < 4.78 is 2.14. The van der Waals surface area contributed by atoms with Crippen molar-refractivity contribution in [1.29, 1.82) is 0 Å². The summed E-state index contributed by atoms with van der Waals surface area (Å²) in [6, 6.07) is 6.25. The summed E-state index contributed by atoms with van der Waals surface area (Å²) in [6.45, 7) is 6.20. The van der Waals surface area contributed by atoms with Crippen molar-refractivity contribution in [1.82, 2.24) is 5.32 Å². The highest BCUT2D eigenvalue weighted by Crippen LogP contribution is 2.25. The van der Waals surface area contributed by atoms with Gasteiger partial charge in [-0.05, 0) is 62.4 Å². The summed E-state index contributed by atoms with van der Waals surface area (Å²) in [5.41, 5.74) is 1.26. The molecular formula is C14H21Br2NO. The van der Waals surface area contributed by atoms with Gasteiger partial charge in [0.2, 0.25) is 0 Å². The fourth-order valence-electron chi connectivity index (χ4n) is 1.90. The van der Waals surface area contributed by atoms with Crippen molar-refractivity contribution in [2.45, 2.75) is 33.2 Å². The molecule has 0 aromatic heterocycles. The lowest BCUT2D eigenvalue weighted by Crippen LogP contribution is -2.36. The van der Waals surface area contributed by atoms with Crippen LogP contribution in [0.15, 0.2) is 27.1 Å². The molecule has 18 heavy (non-hydrogen) atoms. The van der Waals surface area contributed by atoms with Crippen LogP contribution in [0.1, 0.15) is 32.3 Å². The summed E-state index contributed by atoms with van der Waals surface area (Å²) in [7, 11) is 0. The summed E-state index contributed by atoms with van der Waals surface area (Å²) in [6.07, 6.45) is 1.99. The van der Waals surface area contributed by atoms with Crippen LogP contribution < -0.4 is 5.32 Å². The van der Waals surface area contributed by atoms with Gasteiger partial charge in [0.25, 0.3) is 0 Å². The van der Waals surface area contributed by atoms with Crippen LogP contribution in [0.3, 0.4) is 0 Å². The molecule has 0 heterocycles. The molecule has 1 aromatic rings. The molecule has 0 spiro atoms. The molecule has 0 atom stereocenters. The zero-order valence-electron chi connectivity index (χ0n) is 11.0. The molecule has 1 rings (SSSR count). The van der Waals surface area contributed by atoms with Gasteiger partial charge in [-0.25, -0.2) is 0 Å². The number of nitrogens with one attached hydrogen (secondary N) is 1. The number of hydrogen-bond acceptors (Lipinski definition) is 2. The number of benzene rings is 1. The second kappa shape index (κ2) is 7.63. The zero-order chi connectivity index (χ0) is 13.6. The van der Waals surface area contributed by atoms with Gasteiger partial charge in [-0.3, -0.25) is 0 Å². The van der Waals surface area contributed by atoms with E-state index in [0.717, 1.165) is 34.9 Å². The van der Waals surface area contributed by atoms with Crippen LogP contribution in [-0.2, 0) is 6.54 Å². The first-order valence-corrected chi connectivity index (χ1v) is 7.91. The van der Waals surface area contributed by atoms with Gasteiger partial charge in [-0.15, -0.1) is 0 Å². The van der Waals surface area contributed by atoms with E-state index in [1.165, 1.54) is 5.56 Å². The molecule has 0 fully saturated rings. The quantitative estimate of drug-likeness (QED) is 0.748. The van der Waals surface area contributed by atoms with E-state index in [4.69, 9.17) is 0 Å². The van der Waals surface area contributed by atoms with Gasteiger partial charge in [0, 0.05) is 34.1 Å². The number of aliphatic hydroxyl groups excluding tert-OH is 1. The molecule has 0 radical (unpaired) electrons. The molecule has 0 aliphatic heterocycles. The summed E-state index contributed by atoms with van der Waals surface area (Å²) in [5, 5.41) is 12.9. The maximum Gasteiger partial charge on any atom is 0.0499 e. The van der Waals surface area contributed by atoms with Crippen LogP contribution in [0.4, 0.5) is 0 Å². The average Bonchev–Trinajstić information content (AvgIpc) is 2.39. The second-order valence-corrected chi connectivity index (χ2v) is 6.43. The summed E-state index contributed by atoms with van der Waals surface area (Å²) >= 11 is 6.97. The van der Waals surface area contributed by atoms with Crippen LogP contribution in [0.2, 0.25) is 0 Å². The molecule has 0 saturated carbocycles. The number of halogens is 2. The standard InChI is InChI=1S/C14H21Br2NO/c1-3-14(4-2,10-18)9-17-8-11-5-6-12(15)13(16)7-11/h5-7,17-18H,3-4,8-10H2,1-2H3. The smallest absolute Gasteiger partial charge is 0.0499 e. The van der Waals surface area contributed by atoms with Gasteiger partial charge in [-0.1, -0.05) is 19.9 Å². The molecule has 0 aliphatic carbocycles. The van der Waals surface area contributed by atoms with Crippen LogP contribution in [0, 0.1) is 5.41 Å². The Bertz CT molecular complexity index is 370. The molecule has 0 aliphatic rings. The third-order valence-electron chi connectivity index (χ3n) is 3.65. The lowest BCUT2D eigenvalue weighted by molar-refractivity contribution is 0.113. The van der Waals surface area contributed by atoms with Crippen molar-refractivity contribution in [3.8, 4) is 0 Å². The van der Waals surface area contributed by atoms with Crippen molar-refractivity contribution in [2.75, 3.05) is 13.2 Å². The molecule has 2 N–H and O–H groups in total. The average molecular weight is 379 g/mol. The van der Waals surface area contributed by atoms with E-state index in [1.54, 1.807) is 0 Å². The highest BCUT2D eigenvalue weighted by molar-refractivity contribution is 9.13. The van der Waals surface area contributed by atoms with E-state index < -0.39 is 0 Å². The van der Waals surface area contributed by atoms with Crippen molar-refractivity contribution < 1.29 is 5.11 Å². The Hall–Kier alpha value is 0.1000. The maximum absolute atomic E-state index is 9.50. The Balaban J connectivity index is 2.52. The fourth-order valence-corrected chi connectivity index (χ4v) is 2.57. The Kier molecular flexibility index (Phi) is 6.85. The Morgan fingerprint density at radius 1 is 1.17 bits per heavy atom. The first-order valence-electron chi connectivity index (χ1n) is 6.32. The topological polar surface area (TPSA) is 32.3 Å². The van der Waals surface area contributed by atoms with Crippen LogP contribution in [0.25, 0.3) is 0 Å². The van der Waals surface area contributed by atoms with Crippen molar-refractivity contribution in [2.24, 2.45) is 5.41 Å². The minimum atomic E-state index is 0.0204. The van der Waals surface area contributed by atoms with Gasteiger partial charge < -0.3 is 10.4 Å². The van der Waals surface area contributed by atoms with E-state index >= 15 is 0 Å². The molecule has 1 aromatic carbocycles. The third-order valence-corrected chi connectivity index (χ3v) is 5.53. The van der Waals surface area contributed by atoms with Crippen LogP contribution >= 0.6 is 31.9 Å². The minimum absolute atomic E-state index is 0.0204. The SMILES string of the molecule is CCC(CC)(CO)CNCc1ccc(Br)c(Br)c1. The monoisotopic (exact) mass is 377 g/mol. The molecule has 0 bridgehead atoms. The van der Waals surface area contributed by atoms with Crippen molar-refractivity contribution >= 4 is 31.9 Å². The first-order chi connectivity index (χ1) is 8.56. The molecule has 102 valence electrons. The highest BCUT2D eigenvalue weighted by Gasteiger charge is 2.24. The molecule has 0 amide bonds. The van der Waals surface area contributed by atoms with E-state index in [2.05, 4.69) is 63.2 Å². The zero-order valence-corrected chi connectivity index (χ0v) is 14.1. The second-order valence-electron chi connectivity index (χ2n) is 4.72. The first kappa shape index (κ1) is 16.2. The normalized spacial score (nSPS) is 11.8. The van der Waals surface area contributed by atoms with Gasteiger partial charge in [0.15, 0.2) is 0 Å². The third kappa shape index (κ3) is 4.34. The molecule has 0 unspecified atom stereocenters. The molecule has 2 nitrogen and oxygen atoms in total. The largest absolute Gasteiger partial charge is 0.396 e. The minimum Gasteiger partial charge on any atom is -0.396 e. The van der Waals surface area contributed by atoms with E-state index in [-0.39, 0.29) is 12.0 Å². The van der Waals surface area contributed by atoms with Crippen molar-refractivity contribution in [3.05, 3.63) is 32.7 Å². The van der Waals surface area contributed by atoms with Gasteiger partial charge in [0.05, 0.1) is 0 Å². The molecule has 0 saturated heterocycles. The fraction of sp³-hybridized carbons (Fsp3) is 0.571. The Morgan fingerprint density at radius 2 is 1.83 bits per heavy atom. The number of hydrogen-bond donors (Lipinski definition) is 2. The molecule has 4 heteroatoms. The Labute approximate surface area is 126 Å². The van der Waals surface area contributed by atoms with Crippen molar-refractivity contribution in [3.63, 3.8) is 0 Å².